The quantitative estimate of drug-likeness (QED) is 0.852. The number of nitrogens with zero attached hydrogens (tertiary/aromatic N) is 1. The molecule has 1 heterocycles. The Kier molecular flexibility index (Phi) is 4.42. The summed E-state index contributed by atoms with van der Waals surface area (Å²) < 4.78 is 5.33. The van der Waals surface area contributed by atoms with Crippen molar-refractivity contribution in [1.82, 2.24) is 4.90 Å². The van der Waals surface area contributed by atoms with Gasteiger partial charge in [0.25, 0.3) is 5.91 Å². The highest BCUT2D eigenvalue weighted by molar-refractivity contribution is 5.95. The van der Waals surface area contributed by atoms with E-state index in [4.69, 9.17) is 4.74 Å². The molecule has 4 heteroatoms. The lowest BCUT2D eigenvalue weighted by atomic mass is 9.98. The van der Waals surface area contributed by atoms with Crippen LogP contribution < -0.4 is 4.74 Å². The molecule has 1 amide bonds. The molecule has 1 aliphatic heterocycles. The first-order valence-electron chi connectivity index (χ1n) is 7.02. The van der Waals surface area contributed by atoms with Crippen LogP contribution in [0.5, 0.6) is 5.75 Å². The summed E-state index contributed by atoms with van der Waals surface area (Å²) in [6.45, 7) is 5.21. The minimum Gasteiger partial charge on any atom is -0.496 e. The van der Waals surface area contributed by atoms with Crippen molar-refractivity contribution >= 4 is 11.7 Å². The van der Waals surface area contributed by atoms with Crippen molar-refractivity contribution in [3.8, 4) is 5.75 Å². The summed E-state index contributed by atoms with van der Waals surface area (Å²) in [5, 5.41) is 0. The molecule has 0 bridgehead atoms. The van der Waals surface area contributed by atoms with Crippen LogP contribution in [0.4, 0.5) is 0 Å². The Morgan fingerprint density at radius 2 is 1.90 bits per heavy atom. The Bertz CT molecular complexity index is 512. The molecular weight excluding hydrogens is 254 g/mol. The second kappa shape index (κ2) is 6.07. The predicted molar refractivity (Wildman–Crippen MR) is 77.2 cm³/mol. The van der Waals surface area contributed by atoms with Crippen molar-refractivity contribution < 1.29 is 14.3 Å². The lowest BCUT2D eigenvalue weighted by molar-refractivity contribution is -0.120. The van der Waals surface area contributed by atoms with Gasteiger partial charge in [-0.15, -0.1) is 0 Å². The van der Waals surface area contributed by atoms with E-state index in [1.807, 2.05) is 12.1 Å². The first-order valence-corrected chi connectivity index (χ1v) is 7.02. The zero-order valence-corrected chi connectivity index (χ0v) is 12.3. The molecule has 0 unspecified atom stereocenters. The van der Waals surface area contributed by atoms with E-state index in [2.05, 4.69) is 13.8 Å². The van der Waals surface area contributed by atoms with Crippen LogP contribution in [0, 0.1) is 0 Å². The zero-order valence-electron chi connectivity index (χ0n) is 12.3. The molecule has 0 atom stereocenters. The van der Waals surface area contributed by atoms with Crippen LogP contribution in [0.15, 0.2) is 18.2 Å². The van der Waals surface area contributed by atoms with Crippen LogP contribution in [-0.2, 0) is 4.79 Å². The average Bonchev–Trinajstić information content (AvgIpc) is 2.46. The smallest absolute Gasteiger partial charge is 0.253 e. The fraction of sp³-hybridized carbons (Fsp3) is 0.500. The molecule has 2 rings (SSSR count). The van der Waals surface area contributed by atoms with E-state index < -0.39 is 0 Å². The number of piperidine rings is 1. The van der Waals surface area contributed by atoms with E-state index >= 15 is 0 Å². The molecule has 1 saturated heterocycles. The minimum atomic E-state index is 0.00190. The number of Topliss-reactive ketones (excluding diaryl/α,β-unsaturated/α-hetero) is 1. The first-order chi connectivity index (χ1) is 9.52. The number of carbonyl (C=O) groups excluding carboxylic acids is 2. The van der Waals surface area contributed by atoms with Crippen LogP contribution >= 0.6 is 0 Å². The molecule has 0 aromatic heterocycles. The number of carbonyl (C=O) groups is 2. The molecule has 1 aliphatic rings. The van der Waals surface area contributed by atoms with E-state index in [9.17, 15) is 9.59 Å². The second-order valence-electron chi connectivity index (χ2n) is 5.44. The SMILES string of the molecule is COc1ccc(C(=O)N2CCC(=O)CC2)cc1C(C)C. The van der Waals surface area contributed by atoms with Crippen molar-refractivity contribution in [1.29, 1.82) is 0 Å². The van der Waals surface area contributed by atoms with Gasteiger partial charge in [-0.25, -0.2) is 0 Å². The number of benzene rings is 1. The van der Waals surface area contributed by atoms with E-state index in [1.54, 1.807) is 18.1 Å². The van der Waals surface area contributed by atoms with E-state index in [0.717, 1.165) is 11.3 Å². The summed E-state index contributed by atoms with van der Waals surface area (Å²) >= 11 is 0. The van der Waals surface area contributed by atoms with E-state index in [0.29, 0.717) is 37.4 Å². The van der Waals surface area contributed by atoms with Crippen molar-refractivity contribution in [3.63, 3.8) is 0 Å². The molecular formula is C16H21NO3. The van der Waals surface area contributed by atoms with E-state index in [1.165, 1.54) is 0 Å². The maximum atomic E-state index is 12.5. The zero-order chi connectivity index (χ0) is 14.7. The van der Waals surface area contributed by atoms with E-state index in [-0.39, 0.29) is 11.7 Å². The maximum absolute atomic E-state index is 12.5. The van der Waals surface area contributed by atoms with Gasteiger partial charge in [0.2, 0.25) is 0 Å². The lowest BCUT2D eigenvalue weighted by Gasteiger charge is -2.26. The molecule has 0 radical (unpaired) electrons. The van der Waals surface area contributed by atoms with Gasteiger partial charge in [0, 0.05) is 31.5 Å². The number of methoxy groups -OCH3 is 1. The summed E-state index contributed by atoms with van der Waals surface area (Å²) in [7, 11) is 1.64. The van der Waals surface area contributed by atoms with Gasteiger partial charge in [-0.1, -0.05) is 13.8 Å². The standard InChI is InChI=1S/C16H21NO3/c1-11(2)14-10-12(4-5-15(14)20-3)16(19)17-8-6-13(18)7-9-17/h4-5,10-11H,6-9H2,1-3H3. The molecule has 108 valence electrons. The Labute approximate surface area is 119 Å². The molecule has 1 aromatic carbocycles. The fourth-order valence-electron chi connectivity index (χ4n) is 2.46. The highest BCUT2D eigenvalue weighted by atomic mass is 16.5. The van der Waals surface area contributed by atoms with Gasteiger partial charge in [-0.2, -0.15) is 0 Å². The molecule has 0 N–H and O–H groups in total. The van der Waals surface area contributed by atoms with Crippen molar-refractivity contribution in [3.05, 3.63) is 29.3 Å². The molecule has 4 nitrogen and oxygen atoms in total. The third-order valence-electron chi connectivity index (χ3n) is 3.71. The van der Waals surface area contributed by atoms with Gasteiger partial charge < -0.3 is 9.64 Å². The van der Waals surface area contributed by atoms with Crippen LogP contribution in [-0.4, -0.2) is 36.8 Å². The molecule has 1 aromatic rings. The Hall–Kier alpha value is -1.84. The first kappa shape index (κ1) is 14.6. The van der Waals surface area contributed by atoms with Crippen molar-refractivity contribution in [2.75, 3.05) is 20.2 Å². The van der Waals surface area contributed by atoms with Gasteiger partial charge in [0.1, 0.15) is 11.5 Å². The topological polar surface area (TPSA) is 46.6 Å². The number of hydrogen-bond donors (Lipinski definition) is 0. The summed E-state index contributed by atoms with van der Waals surface area (Å²) in [6.07, 6.45) is 0.942. The number of likely N-dealkylation sites (tertiary alicyclic amines) is 1. The number of amides is 1. The molecule has 0 aliphatic carbocycles. The third kappa shape index (κ3) is 3.00. The molecule has 1 fully saturated rings. The van der Waals surface area contributed by atoms with Crippen molar-refractivity contribution in [2.24, 2.45) is 0 Å². The van der Waals surface area contributed by atoms with Crippen LogP contribution in [0.3, 0.4) is 0 Å². The summed E-state index contributed by atoms with van der Waals surface area (Å²) in [4.78, 5) is 25.5. The third-order valence-corrected chi connectivity index (χ3v) is 3.71. The van der Waals surface area contributed by atoms with Crippen molar-refractivity contribution in [2.45, 2.75) is 32.6 Å². The predicted octanol–water partition coefficient (Wildman–Crippen LogP) is 2.62. The average molecular weight is 275 g/mol. The Morgan fingerprint density at radius 1 is 1.25 bits per heavy atom. The monoisotopic (exact) mass is 275 g/mol. The van der Waals surface area contributed by atoms with Crippen LogP contribution in [0.25, 0.3) is 0 Å². The van der Waals surface area contributed by atoms with Crippen LogP contribution in [0.2, 0.25) is 0 Å². The number of hydrogen-bond acceptors (Lipinski definition) is 3. The normalized spacial score (nSPS) is 15.6. The van der Waals surface area contributed by atoms with Gasteiger partial charge in [-0.05, 0) is 29.7 Å². The summed E-state index contributed by atoms with van der Waals surface area (Å²) in [5.41, 5.74) is 1.70. The second-order valence-corrected chi connectivity index (χ2v) is 5.44. The number of rotatable bonds is 3. The van der Waals surface area contributed by atoms with Gasteiger partial charge >= 0.3 is 0 Å². The Morgan fingerprint density at radius 3 is 2.45 bits per heavy atom. The lowest BCUT2D eigenvalue weighted by Crippen LogP contribution is -2.38. The van der Waals surface area contributed by atoms with Gasteiger partial charge in [0.15, 0.2) is 0 Å². The van der Waals surface area contributed by atoms with Gasteiger partial charge in [-0.3, -0.25) is 9.59 Å². The summed E-state index contributed by atoms with van der Waals surface area (Å²) in [5.74, 6) is 1.35. The fourth-order valence-corrected chi connectivity index (χ4v) is 2.46. The molecule has 20 heavy (non-hydrogen) atoms. The largest absolute Gasteiger partial charge is 0.496 e. The van der Waals surface area contributed by atoms with Gasteiger partial charge in [0.05, 0.1) is 7.11 Å². The van der Waals surface area contributed by atoms with Crippen LogP contribution in [0.1, 0.15) is 48.5 Å². The highest BCUT2D eigenvalue weighted by Gasteiger charge is 2.22. The molecule has 0 saturated carbocycles. The Balaban J connectivity index is 2.22. The highest BCUT2D eigenvalue weighted by Crippen LogP contribution is 2.28. The number of ether oxygens (including phenoxy) is 1. The molecule has 0 spiro atoms. The summed E-state index contributed by atoms with van der Waals surface area (Å²) in [6, 6.07) is 5.55. The number of ketones is 1. The maximum Gasteiger partial charge on any atom is 0.253 e. The minimum absolute atomic E-state index is 0.00190.